The van der Waals surface area contributed by atoms with Gasteiger partial charge >= 0.3 is 6.03 Å². The summed E-state index contributed by atoms with van der Waals surface area (Å²) in [5.74, 6) is 1.41. The Bertz CT molecular complexity index is 661. The van der Waals surface area contributed by atoms with Gasteiger partial charge in [-0.05, 0) is 64.1 Å². The van der Waals surface area contributed by atoms with E-state index in [0.29, 0.717) is 24.1 Å². The standard InChI is InChI=1S/C21H34N4O3/c1-23(2)18(16-7-8-19(27-3)20(13-16)28-4)14-22-21(26)25-12-9-17(15-25)24-10-5-6-11-24/h7-8,13,17-18H,5-6,9-12,14-15H2,1-4H3,(H,22,26). The first-order valence-electron chi connectivity index (χ1n) is 10.2. The number of rotatable bonds is 7. The van der Waals surface area contributed by atoms with Crippen LogP contribution in [0.25, 0.3) is 0 Å². The second-order valence-corrected chi connectivity index (χ2v) is 7.91. The second-order valence-electron chi connectivity index (χ2n) is 7.91. The first kappa shape index (κ1) is 20.7. The number of hydrogen-bond acceptors (Lipinski definition) is 5. The number of likely N-dealkylation sites (N-methyl/N-ethyl adjacent to an activating group) is 1. The van der Waals surface area contributed by atoms with Gasteiger partial charge in [0.2, 0.25) is 0 Å². The van der Waals surface area contributed by atoms with E-state index in [4.69, 9.17) is 9.47 Å². The van der Waals surface area contributed by atoms with Crippen molar-refractivity contribution in [1.82, 2.24) is 20.0 Å². The molecule has 1 aromatic carbocycles. The van der Waals surface area contributed by atoms with Crippen molar-refractivity contribution in [1.29, 1.82) is 0 Å². The minimum atomic E-state index is 0.0361. The number of methoxy groups -OCH3 is 2. The molecule has 0 bridgehead atoms. The van der Waals surface area contributed by atoms with E-state index in [-0.39, 0.29) is 12.1 Å². The fourth-order valence-corrected chi connectivity index (χ4v) is 4.29. The van der Waals surface area contributed by atoms with Gasteiger partial charge in [-0.25, -0.2) is 4.79 Å². The van der Waals surface area contributed by atoms with Crippen molar-refractivity contribution >= 4 is 6.03 Å². The molecule has 2 heterocycles. The fraction of sp³-hybridized carbons (Fsp3) is 0.667. The molecule has 156 valence electrons. The molecule has 3 rings (SSSR count). The predicted octanol–water partition coefficient (Wildman–Crippen LogP) is 2.19. The van der Waals surface area contributed by atoms with Gasteiger partial charge in [-0.2, -0.15) is 0 Å². The van der Waals surface area contributed by atoms with Gasteiger partial charge in [0, 0.05) is 25.7 Å². The van der Waals surface area contributed by atoms with Gasteiger partial charge in [0.25, 0.3) is 0 Å². The molecule has 0 aromatic heterocycles. The third kappa shape index (κ3) is 4.70. The molecule has 2 saturated heterocycles. The molecule has 1 N–H and O–H groups in total. The lowest BCUT2D eigenvalue weighted by Crippen LogP contribution is -2.44. The topological polar surface area (TPSA) is 57.3 Å². The van der Waals surface area contributed by atoms with E-state index in [1.165, 1.54) is 25.9 Å². The summed E-state index contributed by atoms with van der Waals surface area (Å²) in [4.78, 5) is 19.3. The Morgan fingerprint density at radius 2 is 1.89 bits per heavy atom. The minimum Gasteiger partial charge on any atom is -0.493 e. The van der Waals surface area contributed by atoms with Crippen LogP contribution in [0.15, 0.2) is 18.2 Å². The highest BCUT2D eigenvalue weighted by Crippen LogP contribution is 2.31. The highest BCUT2D eigenvalue weighted by atomic mass is 16.5. The van der Waals surface area contributed by atoms with Crippen molar-refractivity contribution in [3.05, 3.63) is 23.8 Å². The molecule has 2 atom stereocenters. The third-order valence-corrected chi connectivity index (χ3v) is 5.97. The minimum absolute atomic E-state index is 0.0361. The zero-order valence-electron chi connectivity index (χ0n) is 17.6. The summed E-state index contributed by atoms with van der Waals surface area (Å²) < 4.78 is 10.8. The monoisotopic (exact) mass is 390 g/mol. The second kappa shape index (κ2) is 9.47. The summed E-state index contributed by atoms with van der Waals surface area (Å²) in [6.45, 7) is 4.60. The average Bonchev–Trinajstić information content (AvgIpc) is 3.39. The number of hydrogen-bond donors (Lipinski definition) is 1. The van der Waals surface area contributed by atoms with Gasteiger partial charge in [-0.1, -0.05) is 6.07 Å². The highest BCUT2D eigenvalue weighted by molar-refractivity contribution is 5.74. The maximum absolute atomic E-state index is 12.7. The number of nitrogens with one attached hydrogen (secondary N) is 1. The van der Waals surface area contributed by atoms with Gasteiger partial charge in [0.1, 0.15) is 0 Å². The lowest BCUT2D eigenvalue weighted by Gasteiger charge is -2.27. The molecule has 0 aliphatic carbocycles. The molecule has 0 spiro atoms. The van der Waals surface area contributed by atoms with Crippen LogP contribution in [0.2, 0.25) is 0 Å². The van der Waals surface area contributed by atoms with Crippen LogP contribution in [0, 0.1) is 0 Å². The number of urea groups is 1. The lowest BCUT2D eigenvalue weighted by atomic mass is 10.1. The molecule has 0 saturated carbocycles. The van der Waals surface area contributed by atoms with Gasteiger partial charge in [-0.15, -0.1) is 0 Å². The molecular formula is C21H34N4O3. The first-order valence-corrected chi connectivity index (χ1v) is 10.2. The van der Waals surface area contributed by atoms with Crippen LogP contribution >= 0.6 is 0 Å². The van der Waals surface area contributed by atoms with Gasteiger partial charge in [0.15, 0.2) is 11.5 Å². The SMILES string of the molecule is COc1ccc(C(CNC(=O)N2CCC(N3CCCC3)C2)N(C)C)cc1OC. The van der Waals surface area contributed by atoms with E-state index in [0.717, 1.165) is 25.1 Å². The molecule has 28 heavy (non-hydrogen) atoms. The largest absolute Gasteiger partial charge is 0.493 e. The number of amides is 2. The van der Waals surface area contributed by atoms with Crippen molar-refractivity contribution in [3.8, 4) is 11.5 Å². The van der Waals surface area contributed by atoms with Crippen molar-refractivity contribution in [2.24, 2.45) is 0 Å². The van der Waals surface area contributed by atoms with E-state index in [1.54, 1.807) is 14.2 Å². The quantitative estimate of drug-likeness (QED) is 0.773. The van der Waals surface area contributed by atoms with Crippen molar-refractivity contribution in [3.63, 3.8) is 0 Å². The molecule has 2 aliphatic heterocycles. The Labute approximate surface area is 168 Å². The van der Waals surface area contributed by atoms with Crippen LogP contribution in [0.4, 0.5) is 4.79 Å². The Morgan fingerprint density at radius 1 is 1.18 bits per heavy atom. The van der Waals surface area contributed by atoms with E-state index in [2.05, 4.69) is 15.1 Å². The molecular weight excluding hydrogens is 356 g/mol. The Hall–Kier alpha value is -1.99. The van der Waals surface area contributed by atoms with Crippen LogP contribution in [-0.2, 0) is 0 Å². The smallest absolute Gasteiger partial charge is 0.317 e. The van der Waals surface area contributed by atoms with Gasteiger partial charge in [-0.3, -0.25) is 4.90 Å². The van der Waals surface area contributed by atoms with E-state index in [1.807, 2.05) is 37.2 Å². The summed E-state index contributed by atoms with van der Waals surface area (Å²) in [5.41, 5.74) is 1.08. The van der Waals surface area contributed by atoms with Crippen LogP contribution in [0.1, 0.15) is 30.9 Å². The zero-order valence-corrected chi connectivity index (χ0v) is 17.6. The number of likely N-dealkylation sites (tertiary alicyclic amines) is 2. The number of carbonyl (C=O) groups is 1. The Morgan fingerprint density at radius 3 is 2.54 bits per heavy atom. The summed E-state index contributed by atoms with van der Waals surface area (Å²) in [7, 11) is 7.31. The normalized spacial score (nSPS) is 21.2. The highest BCUT2D eigenvalue weighted by Gasteiger charge is 2.31. The van der Waals surface area contributed by atoms with Crippen LogP contribution in [-0.4, -0.2) is 87.8 Å². The maximum atomic E-state index is 12.7. The molecule has 0 radical (unpaired) electrons. The Balaban J connectivity index is 1.58. The van der Waals surface area contributed by atoms with Crippen molar-refractivity contribution in [2.45, 2.75) is 31.3 Å². The average molecular weight is 391 g/mol. The summed E-state index contributed by atoms with van der Waals surface area (Å²) >= 11 is 0. The summed E-state index contributed by atoms with van der Waals surface area (Å²) in [6.07, 6.45) is 3.66. The molecule has 2 amide bonds. The molecule has 1 aromatic rings. The number of nitrogens with zero attached hydrogens (tertiary/aromatic N) is 3. The van der Waals surface area contributed by atoms with Crippen molar-refractivity contribution < 1.29 is 14.3 Å². The van der Waals surface area contributed by atoms with Crippen LogP contribution in [0.5, 0.6) is 11.5 Å². The predicted molar refractivity (Wildman–Crippen MR) is 110 cm³/mol. The molecule has 7 heteroatoms. The number of ether oxygens (including phenoxy) is 2. The first-order chi connectivity index (χ1) is 13.5. The van der Waals surface area contributed by atoms with Gasteiger partial charge < -0.3 is 24.6 Å². The third-order valence-electron chi connectivity index (χ3n) is 5.97. The lowest BCUT2D eigenvalue weighted by molar-refractivity contribution is 0.193. The molecule has 2 fully saturated rings. The van der Waals surface area contributed by atoms with Crippen LogP contribution < -0.4 is 14.8 Å². The molecule has 2 unspecified atom stereocenters. The van der Waals surface area contributed by atoms with Crippen molar-refractivity contribution in [2.75, 3.05) is 61.0 Å². The molecule has 7 nitrogen and oxygen atoms in total. The van der Waals surface area contributed by atoms with E-state index in [9.17, 15) is 4.79 Å². The van der Waals surface area contributed by atoms with E-state index >= 15 is 0 Å². The number of carbonyl (C=O) groups excluding carboxylic acids is 1. The fourth-order valence-electron chi connectivity index (χ4n) is 4.29. The number of benzene rings is 1. The van der Waals surface area contributed by atoms with Gasteiger partial charge in [0.05, 0.1) is 20.3 Å². The summed E-state index contributed by atoms with van der Waals surface area (Å²) in [5, 5.41) is 3.14. The van der Waals surface area contributed by atoms with E-state index < -0.39 is 0 Å². The maximum Gasteiger partial charge on any atom is 0.317 e. The molecule has 2 aliphatic rings. The summed E-state index contributed by atoms with van der Waals surface area (Å²) in [6, 6.07) is 6.54. The zero-order chi connectivity index (χ0) is 20.1. The Kier molecular flexibility index (Phi) is 7.02. The van der Waals surface area contributed by atoms with Crippen LogP contribution in [0.3, 0.4) is 0 Å².